The van der Waals surface area contributed by atoms with Gasteiger partial charge in [-0.15, -0.1) is 11.8 Å². The Morgan fingerprint density at radius 2 is 1.79 bits per heavy atom. The summed E-state index contributed by atoms with van der Waals surface area (Å²) >= 11 is 1.63. The van der Waals surface area contributed by atoms with Gasteiger partial charge in [0, 0.05) is 38.4 Å². The number of anilines is 2. The van der Waals surface area contributed by atoms with E-state index in [1.807, 2.05) is 6.92 Å². The zero-order chi connectivity index (χ0) is 23.9. The van der Waals surface area contributed by atoms with Crippen LogP contribution in [0.4, 0.5) is 11.4 Å². The summed E-state index contributed by atoms with van der Waals surface area (Å²) in [7, 11) is -3.73. The van der Waals surface area contributed by atoms with Crippen molar-refractivity contribution in [2.45, 2.75) is 35.6 Å². The maximum absolute atomic E-state index is 13.4. The van der Waals surface area contributed by atoms with Crippen molar-refractivity contribution in [1.29, 1.82) is 0 Å². The quantitative estimate of drug-likeness (QED) is 0.624. The summed E-state index contributed by atoms with van der Waals surface area (Å²) in [6.07, 6.45) is 1.17. The average Bonchev–Trinajstić information content (AvgIpc) is 3.35. The fraction of sp³-hybridized carbons (Fsp3) is 0.636. The molecule has 2 atom stereocenters. The number of sulfonamides is 1. The Morgan fingerprint density at radius 3 is 2.50 bits per heavy atom. The maximum Gasteiger partial charge on any atom is 0.248 e. The first-order chi connectivity index (χ1) is 16.3. The minimum absolute atomic E-state index is 0.00954. The summed E-state index contributed by atoms with van der Waals surface area (Å²) in [5.74, 6) is 0.221. The lowest BCUT2D eigenvalue weighted by Gasteiger charge is -2.32. The molecular formula is C22H30N4O6S2. The lowest BCUT2D eigenvalue weighted by atomic mass is 10.2. The number of thioether (sulfide) groups is 1. The molecule has 34 heavy (non-hydrogen) atoms. The second-order valence-corrected chi connectivity index (χ2v) is 12.5. The second kappa shape index (κ2) is 9.30. The third-order valence-corrected chi connectivity index (χ3v) is 10.3. The molecule has 1 N–H and O–H groups in total. The second-order valence-electron chi connectivity index (χ2n) is 9.05. The molecule has 5 rings (SSSR count). The molecule has 1 aromatic carbocycles. The zero-order valence-corrected chi connectivity index (χ0v) is 20.8. The molecule has 0 bridgehead atoms. The number of amides is 2. The molecule has 0 aliphatic carbocycles. The van der Waals surface area contributed by atoms with Gasteiger partial charge in [0.15, 0.2) is 0 Å². The molecule has 0 saturated carbocycles. The molecule has 186 valence electrons. The van der Waals surface area contributed by atoms with E-state index in [1.165, 1.54) is 4.31 Å². The molecular weight excluding hydrogens is 480 g/mol. The molecule has 2 amide bonds. The van der Waals surface area contributed by atoms with E-state index >= 15 is 0 Å². The minimum atomic E-state index is -3.73. The molecule has 4 aliphatic rings. The predicted molar refractivity (Wildman–Crippen MR) is 128 cm³/mol. The number of benzene rings is 1. The molecule has 4 aliphatic heterocycles. The number of morpholine rings is 2. The lowest BCUT2D eigenvalue weighted by Crippen LogP contribution is -2.48. The highest BCUT2D eigenvalue weighted by molar-refractivity contribution is 8.01. The van der Waals surface area contributed by atoms with Crippen molar-refractivity contribution in [2.75, 3.05) is 68.6 Å². The number of rotatable bonds is 5. The van der Waals surface area contributed by atoms with Gasteiger partial charge < -0.3 is 24.6 Å². The van der Waals surface area contributed by atoms with Gasteiger partial charge >= 0.3 is 0 Å². The SMILES string of the molecule is CC12CCC(=O)N1C(C(=O)Nc1cc(S(=O)(=O)N3CCOCC3)ccc1N1CCOCC1)CS2. The van der Waals surface area contributed by atoms with Gasteiger partial charge in [0.05, 0.1) is 47.6 Å². The van der Waals surface area contributed by atoms with Crippen LogP contribution in [0.3, 0.4) is 0 Å². The van der Waals surface area contributed by atoms with E-state index in [-0.39, 0.29) is 21.6 Å². The fourth-order valence-electron chi connectivity index (χ4n) is 5.02. The summed E-state index contributed by atoms with van der Waals surface area (Å²) in [5.41, 5.74) is 1.19. The third-order valence-electron chi connectivity index (χ3n) is 6.93. The van der Waals surface area contributed by atoms with Crippen molar-refractivity contribution < 1.29 is 27.5 Å². The minimum Gasteiger partial charge on any atom is -0.379 e. The van der Waals surface area contributed by atoms with Gasteiger partial charge in [-0.2, -0.15) is 4.31 Å². The third kappa shape index (κ3) is 4.30. The molecule has 4 saturated heterocycles. The van der Waals surface area contributed by atoms with Crippen LogP contribution in [0.5, 0.6) is 0 Å². The summed E-state index contributed by atoms with van der Waals surface area (Å²) in [6, 6.07) is 4.31. The van der Waals surface area contributed by atoms with Crippen LogP contribution in [0.2, 0.25) is 0 Å². The van der Waals surface area contributed by atoms with Crippen LogP contribution in [0, 0.1) is 0 Å². The highest BCUT2D eigenvalue weighted by Gasteiger charge is 2.53. The number of ether oxygens (including phenoxy) is 2. The maximum atomic E-state index is 13.4. The molecule has 0 radical (unpaired) electrons. The van der Waals surface area contributed by atoms with Crippen molar-refractivity contribution in [3.8, 4) is 0 Å². The largest absolute Gasteiger partial charge is 0.379 e. The van der Waals surface area contributed by atoms with Crippen LogP contribution < -0.4 is 10.2 Å². The number of hydrogen-bond donors (Lipinski definition) is 1. The normalized spacial score (nSPS) is 28.3. The summed E-state index contributed by atoms with van der Waals surface area (Å²) in [5, 5.41) is 2.98. The Hall–Kier alpha value is -1.86. The van der Waals surface area contributed by atoms with Gasteiger partial charge in [-0.3, -0.25) is 9.59 Å². The smallest absolute Gasteiger partial charge is 0.248 e. The molecule has 10 nitrogen and oxygen atoms in total. The van der Waals surface area contributed by atoms with Crippen molar-refractivity contribution >= 4 is 45.0 Å². The van der Waals surface area contributed by atoms with E-state index in [0.29, 0.717) is 70.5 Å². The van der Waals surface area contributed by atoms with E-state index in [1.54, 1.807) is 34.9 Å². The number of fused-ring (bicyclic) bond motifs is 1. The number of carbonyl (C=O) groups is 2. The van der Waals surface area contributed by atoms with Crippen molar-refractivity contribution in [3.05, 3.63) is 18.2 Å². The van der Waals surface area contributed by atoms with Crippen LogP contribution in [0.15, 0.2) is 23.1 Å². The van der Waals surface area contributed by atoms with Crippen LogP contribution in [0.25, 0.3) is 0 Å². The topological polar surface area (TPSA) is 108 Å². The first kappa shape index (κ1) is 23.9. The molecule has 0 aromatic heterocycles. The highest BCUT2D eigenvalue weighted by Crippen LogP contribution is 2.47. The van der Waals surface area contributed by atoms with Gasteiger partial charge in [0.25, 0.3) is 0 Å². The Labute approximate surface area is 204 Å². The molecule has 4 fully saturated rings. The fourth-order valence-corrected chi connectivity index (χ4v) is 7.89. The average molecular weight is 511 g/mol. The Bertz CT molecular complexity index is 1070. The number of carbonyl (C=O) groups excluding carboxylic acids is 2. The van der Waals surface area contributed by atoms with Crippen LogP contribution in [-0.2, 0) is 29.1 Å². The molecule has 2 unspecified atom stereocenters. The van der Waals surface area contributed by atoms with Gasteiger partial charge in [-0.1, -0.05) is 0 Å². The molecule has 12 heteroatoms. The summed E-state index contributed by atoms with van der Waals surface area (Å²) in [6.45, 7) is 5.70. The van der Waals surface area contributed by atoms with Crippen molar-refractivity contribution in [3.63, 3.8) is 0 Å². The van der Waals surface area contributed by atoms with Crippen LogP contribution >= 0.6 is 11.8 Å². The standard InChI is InChI=1S/C22H30N4O6S2/c1-22-5-4-20(27)26(22)19(15-33-22)21(28)23-17-14-16(34(29,30)25-8-12-32-13-9-25)2-3-18(17)24-6-10-31-11-7-24/h2-3,14,19H,4-13,15H2,1H3,(H,23,28). The lowest BCUT2D eigenvalue weighted by molar-refractivity contribution is -0.135. The summed E-state index contributed by atoms with van der Waals surface area (Å²) in [4.78, 5) is 29.5. The Balaban J connectivity index is 1.45. The van der Waals surface area contributed by atoms with Crippen molar-refractivity contribution in [1.82, 2.24) is 9.21 Å². The van der Waals surface area contributed by atoms with Gasteiger partial charge in [0.2, 0.25) is 21.8 Å². The van der Waals surface area contributed by atoms with E-state index in [0.717, 1.165) is 12.1 Å². The number of nitrogens with one attached hydrogen (secondary N) is 1. The molecule has 0 spiro atoms. The number of nitrogens with zero attached hydrogens (tertiary/aromatic N) is 3. The first-order valence-corrected chi connectivity index (χ1v) is 14.0. The summed E-state index contributed by atoms with van der Waals surface area (Å²) < 4.78 is 38.7. The molecule has 1 aromatic rings. The van der Waals surface area contributed by atoms with Crippen LogP contribution in [0.1, 0.15) is 19.8 Å². The van der Waals surface area contributed by atoms with E-state index in [4.69, 9.17) is 9.47 Å². The van der Waals surface area contributed by atoms with Crippen molar-refractivity contribution in [2.24, 2.45) is 0 Å². The number of hydrogen-bond acceptors (Lipinski definition) is 8. The molecule has 4 heterocycles. The predicted octanol–water partition coefficient (Wildman–Crippen LogP) is 0.937. The zero-order valence-electron chi connectivity index (χ0n) is 19.2. The van der Waals surface area contributed by atoms with Gasteiger partial charge in [-0.25, -0.2) is 8.42 Å². The first-order valence-electron chi connectivity index (χ1n) is 11.6. The van der Waals surface area contributed by atoms with Crippen LogP contribution in [-0.4, -0.2) is 98.7 Å². The van der Waals surface area contributed by atoms with Gasteiger partial charge in [0.1, 0.15) is 6.04 Å². The van der Waals surface area contributed by atoms with E-state index < -0.39 is 16.1 Å². The highest BCUT2D eigenvalue weighted by atomic mass is 32.2. The Kier molecular flexibility index (Phi) is 6.53. The van der Waals surface area contributed by atoms with E-state index in [9.17, 15) is 18.0 Å². The Morgan fingerprint density at radius 1 is 1.12 bits per heavy atom. The van der Waals surface area contributed by atoms with E-state index in [2.05, 4.69) is 10.2 Å². The monoisotopic (exact) mass is 510 g/mol. The van der Waals surface area contributed by atoms with Gasteiger partial charge in [-0.05, 0) is 31.5 Å².